The number of carbonyl (C=O) groups is 8. The first-order chi connectivity index (χ1) is 38.7. The van der Waals surface area contributed by atoms with E-state index in [1.165, 1.54) is 37.8 Å². The third-order valence-corrected chi connectivity index (χ3v) is 12.8. The molecule has 4 atom stereocenters. The largest absolute Gasteiger partial charge is 0.497 e. The lowest BCUT2D eigenvalue weighted by Crippen LogP contribution is -2.56. The number of esters is 3. The van der Waals surface area contributed by atoms with E-state index in [9.17, 15) is 38.4 Å². The number of rotatable bonds is 37. The Hall–Kier alpha value is -7.44. The molecule has 0 fully saturated rings. The number of hydrogen-bond donors (Lipinski definition) is 5. The average molecular weight is 1130 g/mol. The second-order valence-corrected chi connectivity index (χ2v) is 21.1. The highest BCUT2D eigenvalue weighted by atomic mass is 16.6. The van der Waals surface area contributed by atoms with Crippen LogP contribution in [0, 0.1) is 5.92 Å². The Morgan fingerprint density at radius 1 is 0.593 bits per heavy atom. The van der Waals surface area contributed by atoms with Crippen molar-refractivity contribution in [2.75, 3.05) is 27.4 Å². The Kier molecular flexibility index (Phi) is 31.4. The van der Waals surface area contributed by atoms with Crippen molar-refractivity contribution in [1.82, 2.24) is 26.6 Å². The van der Waals surface area contributed by atoms with Crippen molar-refractivity contribution >= 4 is 47.6 Å². The van der Waals surface area contributed by atoms with Crippen LogP contribution in [0.5, 0.6) is 11.5 Å². The van der Waals surface area contributed by atoms with Crippen LogP contribution in [0.25, 0.3) is 0 Å². The first-order valence-corrected chi connectivity index (χ1v) is 28.4. The van der Waals surface area contributed by atoms with Crippen LogP contribution in [0.4, 0.5) is 4.79 Å². The maximum atomic E-state index is 13.8. The Labute approximate surface area is 479 Å². The smallest absolute Gasteiger partial charge is 0.408 e. The minimum Gasteiger partial charge on any atom is -0.497 e. The van der Waals surface area contributed by atoms with Gasteiger partial charge in [-0.2, -0.15) is 0 Å². The summed E-state index contributed by atoms with van der Waals surface area (Å²) >= 11 is 0. The number of benzene rings is 3. The van der Waals surface area contributed by atoms with E-state index in [-0.39, 0.29) is 51.3 Å². The third-order valence-electron chi connectivity index (χ3n) is 12.8. The van der Waals surface area contributed by atoms with Crippen LogP contribution < -0.4 is 36.1 Å². The molecule has 446 valence electrons. The van der Waals surface area contributed by atoms with Gasteiger partial charge in [0.05, 0.1) is 46.1 Å². The van der Waals surface area contributed by atoms with Crippen LogP contribution >= 0.6 is 0 Å². The first-order valence-electron chi connectivity index (χ1n) is 28.4. The van der Waals surface area contributed by atoms with Gasteiger partial charge in [-0.3, -0.25) is 28.8 Å². The van der Waals surface area contributed by atoms with E-state index < -0.39 is 89.9 Å². The minimum atomic E-state index is -1.40. The molecule has 0 saturated carbocycles. The maximum Gasteiger partial charge on any atom is 0.408 e. The fraction of sp³-hybridized carbons (Fsp3) is 0.548. The van der Waals surface area contributed by atoms with Crippen LogP contribution in [0.2, 0.25) is 0 Å². The summed E-state index contributed by atoms with van der Waals surface area (Å²) in [4.78, 5) is 107. The summed E-state index contributed by atoms with van der Waals surface area (Å²) in [6.07, 6.45) is 9.96. The predicted octanol–water partition coefficient (Wildman–Crippen LogP) is 9.19. The van der Waals surface area contributed by atoms with E-state index in [2.05, 4.69) is 33.5 Å². The van der Waals surface area contributed by atoms with Gasteiger partial charge < -0.3 is 55.0 Å². The quantitative estimate of drug-likeness (QED) is 0.0156. The molecule has 0 spiro atoms. The second kappa shape index (κ2) is 37.5. The van der Waals surface area contributed by atoms with Crippen molar-refractivity contribution in [1.29, 1.82) is 0 Å². The lowest BCUT2D eigenvalue weighted by molar-refractivity contribution is -0.156. The number of amides is 5. The molecule has 5 amide bonds. The number of methoxy groups -OCH3 is 2. The van der Waals surface area contributed by atoms with E-state index in [0.717, 1.165) is 42.4 Å². The zero-order chi connectivity index (χ0) is 59.6. The average Bonchev–Trinajstić information content (AvgIpc) is 3.45. The van der Waals surface area contributed by atoms with E-state index in [4.69, 9.17) is 28.4 Å². The maximum absolute atomic E-state index is 13.8. The lowest BCUT2D eigenvalue weighted by atomic mass is 9.98. The fourth-order valence-corrected chi connectivity index (χ4v) is 8.52. The summed E-state index contributed by atoms with van der Waals surface area (Å²) in [5.74, 6) is -3.64. The van der Waals surface area contributed by atoms with Crippen molar-refractivity contribution in [2.45, 2.75) is 187 Å². The standard InChI is InChI=1S/C62H89N5O14/c1-10-12-13-14-15-16-17-18-22-27-49(40-53(69)64-50(60(74)78-11-2)37-38-52(68)66-57(45-29-33-47(76-8)34-30-45)46-31-35-48(77-9)36-32-46)80-54(70)28-23-24-39-63-58(72)51(41-55(71)81-62(5,6)7)65-59(73)56(43(3)4)67-61(75)79-42-44-25-20-19-21-26-44/h19-21,23-26,29-36,43,49-51,56-57H,10-18,22,27-28,37-42H2,1-9H3,(H,63,72)(H,64,69)(H,65,73)(H,66,68)(H,67,75)/b24-23+. The van der Waals surface area contributed by atoms with Gasteiger partial charge in [0.25, 0.3) is 0 Å². The highest BCUT2D eigenvalue weighted by Crippen LogP contribution is 2.27. The van der Waals surface area contributed by atoms with Crippen LogP contribution in [0.15, 0.2) is 91.0 Å². The summed E-state index contributed by atoms with van der Waals surface area (Å²) in [5, 5.41) is 13.6. The Morgan fingerprint density at radius 3 is 1.74 bits per heavy atom. The fourth-order valence-electron chi connectivity index (χ4n) is 8.52. The molecule has 0 bridgehead atoms. The molecule has 0 aromatic heterocycles. The molecular weight excluding hydrogens is 1040 g/mol. The molecule has 81 heavy (non-hydrogen) atoms. The predicted molar refractivity (Wildman–Crippen MR) is 308 cm³/mol. The zero-order valence-electron chi connectivity index (χ0n) is 49.1. The first kappa shape index (κ1) is 67.8. The van der Waals surface area contributed by atoms with Gasteiger partial charge in [-0.1, -0.05) is 139 Å². The molecule has 0 aliphatic heterocycles. The van der Waals surface area contributed by atoms with Gasteiger partial charge in [0, 0.05) is 13.0 Å². The molecule has 0 saturated heterocycles. The van der Waals surface area contributed by atoms with Gasteiger partial charge >= 0.3 is 24.0 Å². The molecule has 3 rings (SSSR count). The molecule has 19 heteroatoms. The molecule has 4 unspecified atom stereocenters. The van der Waals surface area contributed by atoms with Crippen molar-refractivity contribution in [2.24, 2.45) is 5.92 Å². The minimum absolute atomic E-state index is 0.0312. The van der Waals surface area contributed by atoms with E-state index in [1.54, 1.807) is 104 Å². The van der Waals surface area contributed by atoms with Gasteiger partial charge in [-0.05, 0) is 93.8 Å². The Balaban J connectivity index is 1.68. The summed E-state index contributed by atoms with van der Waals surface area (Å²) < 4.78 is 32.6. The number of hydrogen-bond acceptors (Lipinski definition) is 14. The molecule has 19 nitrogen and oxygen atoms in total. The molecule has 0 aliphatic rings. The van der Waals surface area contributed by atoms with E-state index in [0.29, 0.717) is 24.3 Å². The summed E-state index contributed by atoms with van der Waals surface area (Å²) in [6.45, 7) is 12.1. The molecule has 0 aliphatic carbocycles. The molecule has 3 aromatic rings. The number of ether oxygens (including phenoxy) is 6. The zero-order valence-corrected chi connectivity index (χ0v) is 49.1. The van der Waals surface area contributed by atoms with E-state index in [1.807, 2.05) is 30.3 Å². The van der Waals surface area contributed by atoms with Crippen molar-refractivity contribution in [3.05, 3.63) is 108 Å². The topological polar surface area (TPSA) is 252 Å². The summed E-state index contributed by atoms with van der Waals surface area (Å²) in [5.41, 5.74) is 1.44. The molecule has 0 radical (unpaired) electrons. The number of unbranched alkanes of at least 4 members (excludes halogenated alkanes) is 8. The number of alkyl carbamates (subject to hydrolysis) is 1. The summed E-state index contributed by atoms with van der Waals surface area (Å²) in [7, 11) is 3.13. The van der Waals surface area contributed by atoms with Crippen LogP contribution in [0.1, 0.15) is 168 Å². The number of carbonyl (C=O) groups excluding carboxylic acids is 8. The normalized spacial score (nSPS) is 12.8. The molecule has 3 aromatic carbocycles. The summed E-state index contributed by atoms with van der Waals surface area (Å²) in [6, 6.07) is 19.3. The molecule has 5 N–H and O–H groups in total. The van der Waals surface area contributed by atoms with Gasteiger partial charge in [-0.15, -0.1) is 0 Å². The monoisotopic (exact) mass is 1130 g/mol. The highest BCUT2D eigenvalue weighted by molar-refractivity contribution is 5.93. The molecule has 0 heterocycles. The highest BCUT2D eigenvalue weighted by Gasteiger charge is 2.32. The second-order valence-electron chi connectivity index (χ2n) is 21.1. The van der Waals surface area contributed by atoms with Crippen molar-refractivity contribution in [3.8, 4) is 11.5 Å². The van der Waals surface area contributed by atoms with Gasteiger partial charge in [0.2, 0.25) is 23.6 Å². The Bertz CT molecular complexity index is 2380. The molecular formula is C62H89N5O14. The lowest BCUT2D eigenvalue weighted by Gasteiger charge is -2.26. The van der Waals surface area contributed by atoms with Crippen molar-refractivity contribution < 1.29 is 66.8 Å². The van der Waals surface area contributed by atoms with Gasteiger partial charge in [0.15, 0.2) is 0 Å². The third kappa shape index (κ3) is 28.0. The van der Waals surface area contributed by atoms with Crippen LogP contribution in [-0.4, -0.2) is 105 Å². The van der Waals surface area contributed by atoms with Crippen LogP contribution in [-0.2, 0) is 59.1 Å². The number of nitrogens with one attached hydrogen (secondary N) is 5. The Morgan fingerprint density at radius 2 is 1.19 bits per heavy atom. The van der Waals surface area contributed by atoms with Crippen molar-refractivity contribution in [3.63, 3.8) is 0 Å². The van der Waals surface area contributed by atoms with Gasteiger partial charge in [-0.25, -0.2) is 9.59 Å². The van der Waals surface area contributed by atoms with Gasteiger partial charge in [0.1, 0.15) is 47.9 Å². The van der Waals surface area contributed by atoms with Crippen LogP contribution in [0.3, 0.4) is 0 Å². The SMILES string of the molecule is CCCCCCCCCCCC(CC(=O)NC(CCC(=O)NC(c1ccc(OC)cc1)c1ccc(OC)cc1)C(=O)OCC)OC(=O)C/C=C/CNC(=O)C(CC(=O)OC(C)(C)C)NC(=O)C(NC(=O)OCc1ccccc1)C(C)C. The van der Waals surface area contributed by atoms with E-state index >= 15 is 0 Å².